The van der Waals surface area contributed by atoms with Gasteiger partial charge < -0.3 is 10.8 Å². The number of carbonyl (C=O) groups excluding carboxylic acids is 1. The molecule has 0 aliphatic heterocycles. The highest BCUT2D eigenvalue weighted by Gasteiger charge is 2.08. The van der Waals surface area contributed by atoms with Crippen molar-refractivity contribution in [2.45, 2.75) is 6.42 Å². The molecule has 3 N–H and O–H groups in total. The van der Waals surface area contributed by atoms with Gasteiger partial charge in [0.15, 0.2) is 0 Å². The first-order valence-electron chi connectivity index (χ1n) is 3.69. The molecule has 0 radical (unpaired) electrons. The average Bonchev–Trinajstić information content (AvgIpc) is 2.08. The Hall–Kier alpha value is -1.84. The van der Waals surface area contributed by atoms with Gasteiger partial charge in [-0.2, -0.15) is 0 Å². The van der Waals surface area contributed by atoms with Crippen LogP contribution in [0.3, 0.4) is 0 Å². The first-order chi connectivity index (χ1) is 6.15. The molecule has 68 valence electrons. The second-order valence-electron chi connectivity index (χ2n) is 2.60. The van der Waals surface area contributed by atoms with Crippen LogP contribution in [0.4, 0.5) is 5.69 Å². The number of carbonyl (C=O) groups is 2. The summed E-state index contributed by atoms with van der Waals surface area (Å²) in [4.78, 5) is 20.9. The van der Waals surface area contributed by atoms with E-state index < -0.39 is 5.97 Å². The van der Waals surface area contributed by atoms with Crippen LogP contribution in [0.2, 0.25) is 0 Å². The topological polar surface area (TPSA) is 80.4 Å². The lowest BCUT2D eigenvalue weighted by atomic mass is 10.0. The minimum atomic E-state index is -0.999. The third-order valence-corrected chi connectivity index (χ3v) is 1.70. The Balaban J connectivity index is 3.14. The van der Waals surface area contributed by atoms with Crippen LogP contribution in [-0.4, -0.2) is 17.4 Å². The van der Waals surface area contributed by atoms with Crippen molar-refractivity contribution in [1.82, 2.24) is 0 Å². The molecule has 0 atom stereocenters. The van der Waals surface area contributed by atoms with Gasteiger partial charge in [-0.3, -0.25) is 9.59 Å². The van der Waals surface area contributed by atoms with E-state index in [-0.39, 0.29) is 6.42 Å². The van der Waals surface area contributed by atoms with Gasteiger partial charge >= 0.3 is 5.97 Å². The SMILES string of the molecule is Nc1cccc(C=O)c1CC(=O)O. The van der Waals surface area contributed by atoms with Crippen molar-refractivity contribution in [1.29, 1.82) is 0 Å². The van der Waals surface area contributed by atoms with Gasteiger partial charge in [0.2, 0.25) is 0 Å². The standard InChI is InChI=1S/C9H9NO3/c10-8-3-1-2-6(5-11)7(8)4-9(12)13/h1-3,5H,4,10H2,(H,12,13). The lowest BCUT2D eigenvalue weighted by molar-refractivity contribution is -0.136. The van der Waals surface area contributed by atoms with E-state index in [1.165, 1.54) is 0 Å². The van der Waals surface area contributed by atoms with Gasteiger partial charge in [-0.05, 0) is 11.6 Å². The summed E-state index contributed by atoms with van der Waals surface area (Å²) in [6.45, 7) is 0. The Morgan fingerprint density at radius 3 is 2.77 bits per heavy atom. The van der Waals surface area contributed by atoms with Crippen LogP contribution in [0.5, 0.6) is 0 Å². The third-order valence-electron chi connectivity index (χ3n) is 1.70. The Morgan fingerprint density at radius 1 is 1.54 bits per heavy atom. The number of rotatable bonds is 3. The van der Waals surface area contributed by atoms with E-state index in [4.69, 9.17) is 10.8 Å². The number of carboxylic acids is 1. The summed E-state index contributed by atoms with van der Waals surface area (Å²) in [5.41, 5.74) is 6.58. The Bertz CT molecular complexity index is 347. The van der Waals surface area contributed by atoms with Crippen LogP contribution >= 0.6 is 0 Å². The molecule has 0 aliphatic carbocycles. The molecule has 0 saturated heterocycles. The van der Waals surface area contributed by atoms with Crippen LogP contribution in [0.1, 0.15) is 15.9 Å². The van der Waals surface area contributed by atoms with E-state index in [0.29, 0.717) is 23.1 Å². The molecule has 13 heavy (non-hydrogen) atoms. The zero-order valence-corrected chi connectivity index (χ0v) is 6.86. The molecule has 0 aliphatic rings. The molecule has 0 saturated carbocycles. The van der Waals surface area contributed by atoms with E-state index in [1.807, 2.05) is 0 Å². The molecule has 1 rings (SSSR count). The van der Waals surface area contributed by atoms with Crippen LogP contribution in [0.15, 0.2) is 18.2 Å². The monoisotopic (exact) mass is 179 g/mol. The van der Waals surface area contributed by atoms with Crippen molar-refractivity contribution in [3.05, 3.63) is 29.3 Å². The van der Waals surface area contributed by atoms with E-state index in [2.05, 4.69) is 0 Å². The van der Waals surface area contributed by atoms with Gasteiger partial charge in [-0.1, -0.05) is 12.1 Å². The predicted octanol–water partition coefficient (Wildman–Crippen LogP) is 0.708. The zero-order valence-electron chi connectivity index (χ0n) is 6.86. The van der Waals surface area contributed by atoms with Gasteiger partial charge in [-0.25, -0.2) is 0 Å². The summed E-state index contributed by atoms with van der Waals surface area (Å²) in [6.07, 6.45) is 0.384. The van der Waals surface area contributed by atoms with Crippen molar-refractivity contribution >= 4 is 17.9 Å². The van der Waals surface area contributed by atoms with E-state index >= 15 is 0 Å². The van der Waals surface area contributed by atoms with Crippen molar-refractivity contribution in [3.63, 3.8) is 0 Å². The molecule has 0 aromatic heterocycles. The quantitative estimate of drug-likeness (QED) is 0.529. The molecule has 0 fully saturated rings. The van der Waals surface area contributed by atoms with Crippen LogP contribution in [-0.2, 0) is 11.2 Å². The lowest BCUT2D eigenvalue weighted by Crippen LogP contribution is -2.06. The highest BCUT2D eigenvalue weighted by atomic mass is 16.4. The number of nitrogens with two attached hydrogens (primary N) is 1. The van der Waals surface area contributed by atoms with E-state index in [1.54, 1.807) is 18.2 Å². The molecule has 0 bridgehead atoms. The number of anilines is 1. The van der Waals surface area contributed by atoms with E-state index in [9.17, 15) is 9.59 Å². The molecule has 0 heterocycles. The third kappa shape index (κ3) is 2.05. The summed E-state index contributed by atoms with van der Waals surface area (Å²) >= 11 is 0. The smallest absolute Gasteiger partial charge is 0.307 e. The van der Waals surface area contributed by atoms with Crippen LogP contribution < -0.4 is 5.73 Å². The van der Waals surface area contributed by atoms with Crippen molar-refractivity contribution < 1.29 is 14.7 Å². The van der Waals surface area contributed by atoms with Crippen molar-refractivity contribution in [2.75, 3.05) is 5.73 Å². The number of carboxylic acid groups (broad SMARTS) is 1. The molecular weight excluding hydrogens is 170 g/mol. The molecular formula is C9H9NO3. The van der Waals surface area contributed by atoms with Gasteiger partial charge in [-0.15, -0.1) is 0 Å². The normalized spacial score (nSPS) is 9.54. The number of aldehydes is 1. The van der Waals surface area contributed by atoms with Gasteiger partial charge in [0, 0.05) is 11.3 Å². The largest absolute Gasteiger partial charge is 0.481 e. The second kappa shape index (κ2) is 3.71. The fourth-order valence-corrected chi connectivity index (χ4v) is 1.09. The van der Waals surface area contributed by atoms with Gasteiger partial charge in [0.25, 0.3) is 0 Å². The minimum Gasteiger partial charge on any atom is -0.481 e. The zero-order chi connectivity index (χ0) is 9.84. The highest BCUT2D eigenvalue weighted by Crippen LogP contribution is 2.15. The van der Waals surface area contributed by atoms with Gasteiger partial charge in [0.05, 0.1) is 6.42 Å². The second-order valence-corrected chi connectivity index (χ2v) is 2.60. The maximum atomic E-state index is 10.5. The summed E-state index contributed by atoms with van der Waals surface area (Å²) in [6, 6.07) is 4.73. The summed E-state index contributed by atoms with van der Waals surface area (Å²) < 4.78 is 0. The van der Waals surface area contributed by atoms with Gasteiger partial charge in [0.1, 0.15) is 6.29 Å². The molecule has 0 unspecified atom stereocenters. The molecule has 4 nitrogen and oxygen atoms in total. The Kier molecular flexibility index (Phi) is 2.64. The molecule has 1 aromatic rings. The first-order valence-corrected chi connectivity index (χ1v) is 3.69. The number of benzene rings is 1. The van der Waals surface area contributed by atoms with E-state index in [0.717, 1.165) is 0 Å². The van der Waals surface area contributed by atoms with Crippen LogP contribution in [0.25, 0.3) is 0 Å². The number of hydrogen-bond acceptors (Lipinski definition) is 3. The molecule has 4 heteroatoms. The fraction of sp³-hybridized carbons (Fsp3) is 0.111. The number of aliphatic carboxylic acids is 1. The fourth-order valence-electron chi connectivity index (χ4n) is 1.09. The summed E-state index contributed by atoms with van der Waals surface area (Å²) in [5, 5.41) is 8.54. The average molecular weight is 179 g/mol. The lowest BCUT2D eigenvalue weighted by Gasteiger charge is -2.04. The predicted molar refractivity (Wildman–Crippen MR) is 47.6 cm³/mol. The Labute approximate surface area is 75.0 Å². The molecule has 0 amide bonds. The van der Waals surface area contributed by atoms with Crippen molar-refractivity contribution in [3.8, 4) is 0 Å². The summed E-state index contributed by atoms with van der Waals surface area (Å²) in [7, 11) is 0. The maximum Gasteiger partial charge on any atom is 0.307 e. The van der Waals surface area contributed by atoms with Crippen LogP contribution in [0, 0.1) is 0 Å². The Morgan fingerprint density at radius 2 is 2.23 bits per heavy atom. The minimum absolute atomic E-state index is 0.221. The highest BCUT2D eigenvalue weighted by molar-refractivity contribution is 5.84. The number of hydrogen-bond donors (Lipinski definition) is 2. The molecule has 0 spiro atoms. The summed E-state index contributed by atoms with van der Waals surface area (Å²) in [5.74, 6) is -0.999. The molecule has 1 aromatic carbocycles. The van der Waals surface area contributed by atoms with Crippen molar-refractivity contribution in [2.24, 2.45) is 0 Å². The first kappa shape index (κ1) is 9.25. The maximum absolute atomic E-state index is 10.5. The number of nitrogen functional groups attached to an aromatic ring is 1.